The minimum absolute atomic E-state index is 0.197. The van der Waals surface area contributed by atoms with Gasteiger partial charge in [0.15, 0.2) is 0 Å². The van der Waals surface area contributed by atoms with Crippen LogP contribution in [0, 0.1) is 6.92 Å². The molecule has 0 atom stereocenters. The van der Waals surface area contributed by atoms with Crippen LogP contribution in [0.3, 0.4) is 0 Å². The lowest BCUT2D eigenvalue weighted by Gasteiger charge is -2.08. The molecular weight excluding hydrogens is 298 g/mol. The van der Waals surface area contributed by atoms with E-state index in [4.69, 9.17) is 5.11 Å². The van der Waals surface area contributed by atoms with Crippen molar-refractivity contribution in [3.05, 3.63) is 62.5 Å². The average Bonchev–Trinajstić information content (AvgIpc) is 2.28. The van der Waals surface area contributed by atoms with Crippen LogP contribution in [0.15, 0.2) is 45.8 Å². The molecule has 0 saturated heterocycles. The summed E-state index contributed by atoms with van der Waals surface area (Å²) in [6, 6.07) is 8.73. The lowest BCUT2D eigenvalue weighted by atomic mass is 10.1. The molecule has 0 saturated carbocycles. The second-order valence-electron chi connectivity index (χ2n) is 3.83. The fourth-order valence-corrected chi connectivity index (χ4v) is 2.10. The number of hydrogen-bond donors (Lipinski definition) is 1. The van der Waals surface area contributed by atoms with E-state index in [9.17, 15) is 9.59 Å². The Kier molecular flexibility index (Phi) is 3.34. The first-order chi connectivity index (χ1) is 8.50. The summed E-state index contributed by atoms with van der Waals surface area (Å²) in [5, 5.41) is 9.05. The van der Waals surface area contributed by atoms with Gasteiger partial charge in [-0.3, -0.25) is 9.36 Å². The summed E-state index contributed by atoms with van der Waals surface area (Å²) in [6.45, 7) is 1.61. The first-order valence-electron chi connectivity index (χ1n) is 5.22. The van der Waals surface area contributed by atoms with E-state index in [1.807, 2.05) is 6.07 Å². The number of aromatic nitrogens is 1. The number of carboxylic acids is 1. The van der Waals surface area contributed by atoms with E-state index in [1.165, 1.54) is 4.57 Å². The molecule has 1 N–H and O–H groups in total. The van der Waals surface area contributed by atoms with E-state index in [0.29, 0.717) is 11.3 Å². The Hall–Kier alpha value is -1.88. The van der Waals surface area contributed by atoms with Crippen molar-refractivity contribution in [1.82, 2.24) is 4.57 Å². The van der Waals surface area contributed by atoms with Gasteiger partial charge >= 0.3 is 5.97 Å². The third-order valence-electron chi connectivity index (χ3n) is 2.60. The van der Waals surface area contributed by atoms with Crippen molar-refractivity contribution in [1.29, 1.82) is 0 Å². The van der Waals surface area contributed by atoms with Gasteiger partial charge in [-0.2, -0.15) is 0 Å². The number of carbonyl (C=O) groups is 1. The first-order valence-corrected chi connectivity index (χ1v) is 6.01. The minimum atomic E-state index is -1.21. The monoisotopic (exact) mass is 307 g/mol. The molecule has 5 heteroatoms. The van der Waals surface area contributed by atoms with E-state index in [0.717, 1.165) is 4.47 Å². The average molecular weight is 308 g/mol. The van der Waals surface area contributed by atoms with Gasteiger partial charge < -0.3 is 5.11 Å². The van der Waals surface area contributed by atoms with Crippen molar-refractivity contribution in [3.63, 3.8) is 0 Å². The van der Waals surface area contributed by atoms with Crippen molar-refractivity contribution >= 4 is 21.9 Å². The van der Waals surface area contributed by atoms with Crippen molar-refractivity contribution < 1.29 is 9.90 Å². The molecule has 0 amide bonds. The smallest absolute Gasteiger partial charge is 0.341 e. The molecule has 2 rings (SSSR count). The van der Waals surface area contributed by atoms with E-state index in [2.05, 4.69) is 15.9 Å². The summed E-state index contributed by atoms with van der Waals surface area (Å²) in [4.78, 5) is 23.2. The second kappa shape index (κ2) is 4.78. The molecule has 0 bridgehead atoms. The molecule has 1 aromatic heterocycles. The number of aromatic carboxylic acids is 1. The van der Waals surface area contributed by atoms with E-state index in [1.54, 1.807) is 37.4 Å². The Morgan fingerprint density at radius 3 is 2.67 bits per heavy atom. The van der Waals surface area contributed by atoms with Crippen LogP contribution in [0.2, 0.25) is 0 Å². The molecule has 18 heavy (non-hydrogen) atoms. The molecule has 0 aliphatic rings. The van der Waals surface area contributed by atoms with Crippen molar-refractivity contribution in [2.24, 2.45) is 0 Å². The van der Waals surface area contributed by atoms with Crippen LogP contribution in [0.4, 0.5) is 0 Å². The number of nitrogens with zero attached hydrogens (tertiary/aromatic N) is 1. The fraction of sp³-hybridized carbons (Fsp3) is 0.0769. The maximum Gasteiger partial charge on any atom is 0.341 e. The summed E-state index contributed by atoms with van der Waals surface area (Å²) >= 11 is 3.31. The molecule has 0 aliphatic heterocycles. The van der Waals surface area contributed by atoms with Crippen LogP contribution in [-0.2, 0) is 0 Å². The summed E-state index contributed by atoms with van der Waals surface area (Å²) in [6.07, 6.45) is 1.58. The Morgan fingerprint density at radius 1 is 1.33 bits per heavy atom. The molecule has 92 valence electrons. The van der Waals surface area contributed by atoms with Gasteiger partial charge in [-0.05, 0) is 36.8 Å². The topological polar surface area (TPSA) is 59.3 Å². The molecule has 0 fully saturated rings. The van der Waals surface area contributed by atoms with Gasteiger partial charge in [0.05, 0.1) is 0 Å². The molecule has 0 unspecified atom stereocenters. The third-order valence-corrected chi connectivity index (χ3v) is 3.09. The second-order valence-corrected chi connectivity index (χ2v) is 4.75. The van der Waals surface area contributed by atoms with Gasteiger partial charge in [0.2, 0.25) is 0 Å². The number of halogens is 1. The van der Waals surface area contributed by atoms with Crippen LogP contribution in [0.25, 0.3) is 5.69 Å². The van der Waals surface area contributed by atoms with Gasteiger partial charge in [0.25, 0.3) is 5.56 Å². The fourth-order valence-electron chi connectivity index (χ4n) is 1.72. The predicted molar refractivity (Wildman–Crippen MR) is 71.4 cm³/mol. The van der Waals surface area contributed by atoms with Crippen LogP contribution >= 0.6 is 15.9 Å². The highest BCUT2D eigenvalue weighted by atomic mass is 79.9. The van der Waals surface area contributed by atoms with Crippen molar-refractivity contribution in [2.75, 3.05) is 0 Å². The highest BCUT2D eigenvalue weighted by molar-refractivity contribution is 9.10. The van der Waals surface area contributed by atoms with Crippen molar-refractivity contribution in [3.8, 4) is 5.69 Å². The maximum absolute atomic E-state index is 12.1. The van der Waals surface area contributed by atoms with Gasteiger partial charge in [0.1, 0.15) is 5.56 Å². The standard InChI is InChI=1S/C13H10BrNO3/c1-8-5-6-15(12(16)11(8)13(17)18)10-4-2-3-9(14)7-10/h2-7H,1H3,(H,17,18). The van der Waals surface area contributed by atoms with Crippen LogP contribution in [0.5, 0.6) is 0 Å². The number of hydrogen-bond acceptors (Lipinski definition) is 2. The van der Waals surface area contributed by atoms with E-state index in [-0.39, 0.29) is 5.56 Å². The Bertz CT molecular complexity index is 676. The number of benzene rings is 1. The molecule has 2 aromatic rings. The Balaban J connectivity index is 2.71. The largest absolute Gasteiger partial charge is 0.477 e. The SMILES string of the molecule is Cc1ccn(-c2cccc(Br)c2)c(=O)c1C(=O)O. The number of aryl methyl sites for hydroxylation is 1. The van der Waals surface area contributed by atoms with Crippen LogP contribution in [0.1, 0.15) is 15.9 Å². The van der Waals surface area contributed by atoms with Gasteiger partial charge in [-0.25, -0.2) is 4.79 Å². The van der Waals surface area contributed by atoms with Gasteiger partial charge in [-0.15, -0.1) is 0 Å². The molecule has 1 heterocycles. The molecule has 0 radical (unpaired) electrons. The third kappa shape index (κ3) is 2.22. The zero-order chi connectivity index (χ0) is 13.3. The first kappa shape index (κ1) is 12.6. The molecule has 0 aliphatic carbocycles. The normalized spacial score (nSPS) is 10.3. The lowest BCUT2D eigenvalue weighted by Crippen LogP contribution is -2.26. The number of carboxylic acid groups (broad SMARTS) is 1. The molecule has 4 nitrogen and oxygen atoms in total. The molecule has 0 spiro atoms. The summed E-state index contributed by atoms with van der Waals surface area (Å²) in [7, 11) is 0. The Morgan fingerprint density at radius 2 is 2.06 bits per heavy atom. The van der Waals surface area contributed by atoms with Gasteiger partial charge in [0, 0.05) is 16.4 Å². The highest BCUT2D eigenvalue weighted by Crippen LogP contribution is 2.14. The number of pyridine rings is 1. The van der Waals surface area contributed by atoms with Crippen LogP contribution in [-0.4, -0.2) is 15.6 Å². The predicted octanol–water partition coefficient (Wildman–Crippen LogP) is 2.61. The van der Waals surface area contributed by atoms with Crippen LogP contribution < -0.4 is 5.56 Å². The minimum Gasteiger partial charge on any atom is -0.477 e. The molecule has 1 aromatic carbocycles. The summed E-state index contributed by atoms with van der Waals surface area (Å²) in [5.41, 5.74) is 0.355. The van der Waals surface area contributed by atoms with Gasteiger partial charge in [-0.1, -0.05) is 22.0 Å². The van der Waals surface area contributed by atoms with E-state index >= 15 is 0 Å². The maximum atomic E-state index is 12.1. The number of rotatable bonds is 2. The zero-order valence-electron chi connectivity index (χ0n) is 9.55. The lowest BCUT2D eigenvalue weighted by molar-refractivity contribution is 0.0694. The quantitative estimate of drug-likeness (QED) is 0.927. The molecular formula is C13H10BrNO3. The van der Waals surface area contributed by atoms with Crippen molar-refractivity contribution in [2.45, 2.75) is 6.92 Å². The zero-order valence-corrected chi connectivity index (χ0v) is 11.1. The summed E-state index contributed by atoms with van der Waals surface area (Å²) in [5.74, 6) is -1.21. The Labute approximate surface area is 112 Å². The van der Waals surface area contributed by atoms with E-state index < -0.39 is 11.5 Å². The highest BCUT2D eigenvalue weighted by Gasteiger charge is 2.14. The summed E-state index contributed by atoms with van der Waals surface area (Å²) < 4.78 is 2.14.